The van der Waals surface area contributed by atoms with Crippen molar-refractivity contribution in [2.45, 2.75) is 12.6 Å². The van der Waals surface area contributed by atoms with Crippen LogP contribution in [0.25, 0.3) is 0 Å². The number of urea groups is 1. The molecule has 1 N–H and O–H groups in total. The SMILES string of the molecule is CN1C(=O)NC(=O)C(C)(F)C1=O. The van der Waals surface area contributed by atoms with Gasteiger partial charge in [-0.3, -0.25) is 19.8 Å². The van der Waals surface area contributed by atoms with Crippen LogP contribution in [0.4, 0.5) is 9.18 Å². The summed E-state index contributed by atoms with van der Waals surface area (Å²) >= 11 is 0. The number of rotatable bonds is 0. The van der Waals surface area contributed by atoms with Gasteiger partial charge in [-0.2, -0.15) is 0 Å². The van der Waals surface area contributed by atoms with Gasteiger partial charge in [0.2, 0.25) is 0 Å². The number of halogens is 1. The number of amides is 4. The van der Waals surface area contributed by atoms with Gasteiger partial charge >= 0.3 is 6.03 Å². The number of imide groups is 2. The summed E-state index contributed by atoms with van der Waals surface area (Å²) in [5, 5.41) is 1.70. The van der Waals surface area contributed by atoms with Crippen molar-refractivity contribution in [3.63, 3.8) is 0 Å². The molecule has 0 aromatic rings. The fourth-order valence-corrected chi connectivity index (χ4v) is 0.803. The molecule has 1 aliphatic rings. The van der Waals surface area contributed by atoms with E-state index in [0.717, 1.165) is 14.0 Å². The monoisotopic (exact) mass is 174 g/mol. The van der Waals surface area contributed by atoms with E-state index in [0.29, 0.717) is 4.90 Å². The van der Waals surface area contributed by atoms with E-state index >= 15 is 0 Å². The molecule has 0 bridgehead atoms. The molecule has 4 amide bonds. The van der Waals surface area contributed by atoms with Crippen LogP contribution in [0.5, 0.6) is 0 Å². The third kappa shape index (κ3) is 0.956. The maximum atomic E-state index is 13.1. The van der Waals surface area contributed by atoms with Gasteiger partial charge < -0.3 is 0 Å². The lowest BCUT2D eigenvalue weighted by Crippen LogP contribution is -2.63. The third-order valence-electron chi connectivity index (χ3n) is 1.66. The van der Waals surface area contributed by atoms with Gasteiger partial charge in [0.05, 0.1) is 0 Å². The van der Waals surface area contributed by atoms with Crippen LogP contribution in [0.15, 0.2) is 0 Å². The maximum Gasteiger partial charge on any atom is 0.330 e. The molecule has 1 heterocycles. The Balaban J connectivity index is 3.04. The fourth-order valence-electron chi connectivity index (χ4n) is 0.803. The molecule has 6 heteroatoms. The van der Waals surface area contributed by atoms with Crippen LogP contribution in [0.2, 0.25) is 0 Å². The van der Waals surface area contributed by atoms with Crippen LogP contribution >= 0.6 is 0 Å². The first-order valence-electron chi connectivity index (χ1n) is 3.20. The Kier molecular flexibility index (Phi) is 1.63. The van der Waals surface area contributed by atoms with Crippen molar-refractivity contribution in [3.05, 3.63) is 0 Å². The predicted octanol–water partition coefficient (Wildman–Crippen LogP) is -0.577. The second-order valence-electron chi connectivity index (χ2n) is 2.63. The van der Waals surface area contributed by atoms with Crippen LogP contribution in [0.3, 0.4) is 0 Å². The van der Waals surface area contributed by atoms with Gasteiger partial charge in [0, 0.05) is 7.05 Å². The maximum absolute atomic E-state index is 13.1. The molecule has 1 fully saturated rings. The smallest absolute Gasteiger partial charge is 0.274 e. The average molecular weight is 174 g/mol. The summed E-state index contributed by atoms with van der Waals surface area (Å²) < 4.78 is 13.1. The number of hydrogen-bond acceptors (Lipinski definition) is 3. The van der Waals surface area contributed by atoms with E-state index in [4.69, 9.17) is 0 Å². The highest BCUT2D eigenvalue weighted by molar-refractivity contribution is 6.20. The average Bonchev–Trinajstić information content (AvgIpc) is 1.99. The summed E-state index contributed by atoms with van der Waals surface area (Å²) in [6, 6.07) is -0.903. The lowest BCUT2D eigenvalue weighted by Gasteiger charge is -2.28. The normalized spacial score (nSPS) is 30.6. The first-order chi connectivity index (χ1) is 5.37. The standard InChI is InChI=1S/C6H7FN2O3/c1-6(7)3(10)8-5(12)9(2)4(6)11/h1-2H3,(H,8,10,12). The third-order valence-corrected chi connectivity index (χ3v) is 1.66. The molecule has 5 nitrogen and oxygen atoms in total. The van der Waals surface area contributed by atoms with Crippen LogP contribution in [0.1, 0.15) is 6.92 Å². The Labute approximate surface area is 67.5 Å². The Hall–Kier alpha value is -1.46. The number of nitrogens with one attached hydrogen (secondary N) is 1. The Morgan fingerprint density at radius 3 is 2.42 bits per heavy atom. The van der Waals surface area contributed by atoms with Gasteiger partial charge in [0.25, 0.3) is 17.5 Å². The van der Waals surface area contributed by atoms with Crippen molar-refractivity contribution in [3.8, 4) is 0 Å². The highest BCUT2D eigenvalue weighted by Crippen LogP contribution is 2.17. The lowest BCUT2D eigenvalue weighted by atomic mass is 10.1. The molecule has 12 heavy (non-hydrogen) atoms. The number of hydrogen-bond donors (Lipinski definition) is 1. The second-order valence-corrected chi connectivity index (χ2v) is 2.63. The minimum Gasteiger partial charge on any atom is -0.274 e. The van der Waals surface area contributed by atoms with Gasteiger partial charge in [-0.1, -0.05) is 0 Å². The lowest BCUT2D eigenvalue weighted by molar-refractivity contribution is -0.151. The summed E-state index contributed by atoms with van der Waals surface area (Å²) in [6.45, 7) is 0.813. The fraction of sp³-hybridized carbons (Fsp3) is 0.500. The number of nitrogens with zero attached hydrogens (tertiary/aromatic N) is 1. The predicted molar refractivity (Wildman–Crippen MR) is 35.8 cm³/mol. The molecule has 0 radical (unpaired) electrons. The van der Waals surface area contributed by atoms with Crippen LogP contribution in [-0.2, 0) is 9.59 Å². The largest absolute Gasteiger partial charge is 0.330 e. The van der Waals surface area contributed by atoms with E-state index < -0.39 is 23.5 Å². The van der Waals surface area contributed by atoms with Gasteiger partial charge in [-0.15, -0.1) is 0 Å². The van der Waals surface area contributed by atoms with Gasteiger partial charge in [0.1, 0.15) is 0 Å². The summed E-state index contributed by atoms with van der Waals surface area (Å²) in [5.41, 5.74) is -2.64. The second kappa shape index (κ2) is 2.26. The zero-order valence-electron chi connectivity index (χ0n) is 6.55. The van der Waals surface area contributed by atoms with E-state index in [2.05, 4.69) is 0 Å². The molecule has 0 spiro atoms. The van der Waals surface area contributed by atoms with Gasteiger partial charge in [-0.05, 0) is 6.92 Å². The van der Waals surface area contributed by atoms with Crippen molar-refractivity contribution >= 4 is 17.8 Å². The minimum absolute atomic E-state index is 0.529. The molecule has 0 aliphatic carbocycles. The van der Waals surface area contributed by atoms with Crippen molar-refractivity contribution in [2.75, 3.05) is 7.05 Å². The molecule has 66 valence electrons. The molecular formula is C6H7FN2O3. The van der Waals surface area contributed by atoms with Crippen molar-refractivity contribution in [2.24, 2.45) is 0 Å². The molecular weight excluding hydrogens is 167 g/mol. The van der Waals surface area contributed by atoms with E-state index in [1.165, 1.54) is 0 Å². The molecule has 1 unspecified atom stereocenters. The van der Waals surface area contributed by atoms with Crippen molar-refractivity contribution in [1.82, 2.24) is 10.2 Å². The highest BCUT2D eigenvalue weighted by Gasteiger charge is 2.49. The Morgan fingerprint density at radius 1 is 1.42 bits per heavy atom. The summed E-state index contributed by atoms with van der Waals surface area (Å²) in [4.78, 5) is 32.9. The van der Waals surface area contributed by atoms with Crippen molar-refractivity contribution < 1.29 is 18.8 Å². The molecule has 0 aromatic carbocycles. The minimum atomic E-state index is -2.64. The van der Waals surface area contributed by atoms with E-state index in [1.807, 2.05) is 0 Å². The van der Waals surface area contributed by atoms with E-state index in [-0.39, 0.29) is 0 Å². The number of alkyl halides is 1. The zero-order chi connectivity index (χ0) is 9.52. The molecule has 0 aromatic heterocycles. The van der Waals surface area contributed by atoms with Crippen LogP contribution < -0.4 is 5.32 Å². The van der Waals surface area contributed by atoms with Crippen LogP contribution in [0, 0.1) is 0 Å². The topological polar surface area (TPSA) is 66.5 Å². The van der Waals surface area contributed by atoms with E-state index in [9.17, 15) is 18.8 Å². The summed E-state index contributed by atoms with van der Waals surface area (Å²) in [6.07, 6.45) is 0. The van der Waals surface area contributed by atoms with Crippen molar-refractivity contribution in [1.29, 1.82) is 0 Å². The number of barbiturate groups is 1. The highest BCUT2D eigenvalue weighted by atomic mass is 19.1. The molecule has 0 saturated carbocycles. The molecule has 1 saturated heterocycles. The zero-order valence-corrected chi connectivity index (χ0v) is 6.55. The van der Waals surface area contributed by atoms with Crippen LogP contribution in [-0.4, -0.2) is 35.5 Å². The Morgan fingerprint density at radius 2 is 1.92 bits per heavy atom. The Bertz CT molecular complexity index is 274. The quantitative estimate of drug-likeness (QED) is 0.500. The molecule has 1 aliphatic heterocycles. The summed E-state index contributed by atoms with van der Waals surface area (Å²) in [7, 11) is 1.10. The number of carbonyl (C=O) groups is 3. The van der Waals surface area contributed by atoms with E-state index in [1.54, 1.807) is 5.32 Å². The first-order valence-corrected chi connectivity index (χ1v) is 3.20. The first kappa shape index (κ1) is 8.63. The molecule has 1 rings (SSSR count). The summed E-state index contributed by atoms with van der Waals surface area (Å²) in [5.74, 6) is -2.35. The van der Waals surface area contributed by atoms with Gasteiger partial charge in [-0.25, -0.2) is 9.18 Å². The number of carbonyl (C=O) groups excluding carboxylic acids is 3. The van der Waals surface area contributed by atoms with Gasteiger partial charge in [0.15, 0.2) is 0 Å². The molecule has 1 atom stereocenters.